The summed E-state index contributed by atoms with van der Waals surface area (Å²) < 4.78 is 0. The first-order valence-electron chi connectivity index (χ1n) is 10.4. The van der Waals surface area contributed by atoms with E-state index in [0.717, 1.165) is 64.2 Å². The van der Waals surface area contributed by atoms with Gasteiger partial charge >= 0.3 is 6.03 Å². The molecular formula is C19H39N5O. The first-order valence-corrected chi connectivity index (χ1v) is 10.4. The number of hydrogen-bond acceptors (Lipinski definition) is 4. The largest absolute Gasteiger partial charge is 0.335 e. The summed E-state index contributed by atoms with van der Waals surface area (Å²) in [6, 6.07) is 1.98. The monoisotopic (exact) mass is 353 g/mol. The van der Waals surface area contributed by atoms with Crippen LogP contribution in [0, 0.1) is 0 Å². The molecule has 3 rings (SSSR count). The second-order valence-corrected chi connectivity index (χ2v) is 8.24. The molecule has 0 heterocycles. The van der Waals surface area contributed by atoms with Crippen molar-refractivity contribution >= 4 is 6.03 Å². The van der Waals surface area contributed by atoms with Crippen LogP contribution < -0.4 is 27.8 Å². The van der Waals surface area contributed by atoms with Crippen LogP contribution >= 0.6 is 0 Å². The number of amides is 2. The van der Waals surface area contributed by atoms with Crippen LogP contribution in [0.3, 0.4) is 0 Å². The Hall–Kier alpha value is -0.850. The van der Waals surface area contributed by atoms with Crippen molar-refractivity contribution in [1.82, 2.24) is 10.6 Å². The molecule has 6 heteroatoms. The summed E-state index contributed by atoms with van der Waals surface area (Å²) >= 11 is 0. The fourth-order valence-electron chi connectivity index (χ4n) is 4.07. The normalized spacial score (nSPS) is 33.7. The van der Waals surface area contributed by atoms with E-state index in [0.29, 0.717) is 30.2 Å². The lowest BCUT2D eigenvalue weighted by Crippen LogP contribution is -2.48. The fourth-order valence-corrected chi connectivity index (χ4v) is 4.07. The molecule has 0 aromatic rings. The van der Waals surface area contributed by atoms with Gasteiger partial charge in [0.1, 0.15) is 0 Å². The van der Waals surface area contributed by atoms with Crippen molar-refractivity contribution in [2.45, 2.75) is 114 Å². The molecule has 3 aliphatic rings. The Morgan fingerprint density at radius 3 is 1.36 bits per heavy atom. The molecular weight excluding hydrogens is 314 g/mol. The Labute approximate surface area is 153 Å². The molecule has 3 aliphatic carbocycles. The van der Waals surface area contributed by atoms with Crippen molar-refractivity contribution < 1.29 is 4.79 Å². The highest BCUT2D eigenvalue weighted by atomic mass is 16.2. The van der Waals surface area contributed by atoms with Crippen LogP contribution in [-0.2, 0) is 0 Å². The standard InChI is InChI=1S/C13H25N3O.C6H14N2/c14-10-6-8-12(9-7-10)16-13(17)15-11-4-2-1-3-5-11;7-5-1-2-6(8)4-3-5/h10-12H,1-9,14H2,(H2,15,16,17);5-6H,1-4,7-8H2/t;5-,6-. The van der Waals surface area contributed by atoms with Gasteiger partial charge in [0.2, 0.25) is 0 Å². The summed E-state index contributed by atoms with van der Waals surface area (Å²) in [4.78, 5) is 11.8. The zero-order valence-corrected chi connectivity index (χ0v) is 15.7. The first-order chi connectivity index (χ1) is 12.0. The highest BCUT2D eigenvalue weighted by molar-refractivity contribution is 5.74. The van der Waals surface area contributed by atoms with Gasteiger partial charge in [-0.2, -0.15) is 0 Å². The van der Waals surface area contributed by atoms with Crippen molar-refractivity contribution in [3.05, 3.63) is 0 Å². The zero-order valence-electron chi connectivity index (χ0n) is 15.7. The highest BCUT2D eigenvalue weighted by Crippen LogP contribution is 2.19. The van der Waals surface area contributed by atoms with Gasteiger partial charge in [0.25, 0.3) is 0 Å². The minimum absolute atomic E-state index is 0.0253. The van der Waals surface area contributed by atoms with E-state index in [2.05, 4.69) is 10.6 Å². The van der Waals surface area contributed by atoms with Crippen LogP contribution in [0.1, 0.15) is 83.5 Å². The molecule has 0 bridgehead atoms. The van der Waals surface area contributed by atoms with E-state index in [-0.39, 0.29) is 6.03 Å². The summed E-state index contributed by atoms with van der Waals surface area (Å²) in [5.41, 5.74) is 17.1. The number of carbonyl (C=O) groups is 1. The summed E-state index contributed by atoms with van der Waals surface area (Å²) in [6.07, 6.45) is 14.7. The van der Waals surface area contributed by atoms with Crippen LogP contribution in [0.2, 0.25) is 0 Å². The molecule has 0 spiro atoms. The number of carbonyl (C=O) groups excluding carboxylic acids is 1. The summed E-state index contributed by atoms with van der Waals surface area (Å²) in [5, 5.41) is 6.18. The third kappa shape index (κ3) is 8.38. The molecule has 25 heavy (non-hydrogen) atoms. The fraction of sp³-hybridized carbons (Fsp3) is 0.947. The minimum Gasteiger partial charge on any atom is -0.335 e. The average molecular weight is 354 g/mol. The van der Waals surface area contributed by atoms with Gasteiger partial charge in [-0.1, -0.05) is 19.3 Å². The van der Waals surface area contributed by atoms with E-state index in [1.54, 1.807) is 0 Å². The highest BCUT2D eigenvalue weighted by Gasteiger charge is 2.21. The van der Waals surface area contributed by atoms with E-state index < -0.39 is 0 Å². The van der Waals surface area contributed by atoms with E-state index in [1.807, 2.05) is 0 Å². The van der Waals surface area contributed by atoms with Gasteiger partial charge in [0.15, 0.2) is 0 Å². The summed E-state index contributed by atoms with van der Waals surface area (Å²) in [5.74, 6) is 0. The Morgan fingerprint density at radius 2 is 0.920 bits per heavy atom. The Bertz CT molecular complexity index is 360. The van der Waals surface area contributed by atoms with Gasteiger partial charge in [-0.15, -0.1) is 0 Å². The van der Waals surface area contributed by atoms with Crippen LogP contribution in [0.15, 0.2) is 0 Å². The lowest BCUT2D eigenvalue weighted by atomic mass is 9.92. The van der Waals surface area contributed by atoms with Crippen molar-refractivity contribution in [2.24, 2.45) is 17.2 Å². The number of nitrogens with one attached hydrogen (secondary N) is 2. The third-order valence-electron chi connectivity index (χ3n) is 5.86. The number of hydrogen-bond donors (Lipinski definition) is 5. The predicted octanol–water partition coefficient (Wildman–Crippen LogP) is 2.10. The second-order valence-electron chi connectivity index (χ2n) is 8.24. The van der Waals surface area contributed by atoms with Gasteiger partial charge in [0.05, 0.1) is 0 Å². The van der Waals surface area contributed by atoms with Crippen LogP contribution in [0.5, 0.6) is 0 Å². The van der Waals surface area contributed by atoms with Crippen LogP contribution in [0.4, 0.5) is 4.79 Å². The van der Waals surface area contributed by atoms with Crippen LogP contribution in [-0.4, -0.2) is 36.2 Å². The second kappa shape index (κ2) is 11.0. The van der Waals surface area contributed by atoms with Gasteiger partial charge < -0.3 is 27.8 Å². The van der Waals surface area contributed by atoms with Crippen molar-refractivity contribution in [2.75, 3.05) is 0 Å². The first kappa shape index (κ1) is 20.5. The van der Waals surface area contributed by atoms with Crippen LogP contribution in [0.25, 0.3) is 0 Å². The summed E-state index contributed by atoms with van der Waals surface area (Å²) in [7, 11) is 0. The van der Waals surface area contributed by atoms with Crippen molar-refractivity contribution in [3.63, 3.8) is 0 Å². The SMILES string of the molecule is NC1CCC(NC(=O)NC2CCCCC2)CC1.N[C@H]1CC[C@H](N)CC1. The topological polar surface area (TPSA) is 119 Å². The van der Waals surface area contributed by atoms with Gasteiger partial charge in [0, 0.05) is 30.2 Å². The Balaban J connectivity index is 0.000000236. The quantitative estimate of drug-likeness (QED) is 0.522. The minimum atomic E-state index is 0.0253. The molecule has 146 valence electrons. The third-order valence-corrected chi connectivity index (χ3v) is 5.86. The molecule has 2 amide bonds. The number of rotatable bonds is 2. The molecule has 0 aromatic heterocycles. The van der Waals surface area contributed by atoms with E-state index in [4.69, 9.17) is 17.2 Å². The molecule has 0 atom stereocenters. The average Bonchev–Trinajstić information content (AvgIpc) is 2.61. The molecule has 0 aromatic carbocycles. The molecule has 0 unspecified atom stereocenters. The van der Waals surface area contributed by atoms with E-state index >= 15 is 0 Å². The van der Waals surface area contributed by atoms with Gasteiger partial charge in [-0.3, -0.25) is 0 Å². The Morgan fingerprint density at radius 1 is 0.560 bits per heavy atom. The molecule has 3 fully saturated rings. The maximum Gasteiger partial charge on any atom is 0.315 e. The molecule has 0 saturated heterocycles. The van der Waals surface area contributed by atoms with E-state index in [9.17, 15) is 4.79 Å². The smallest absolute Gasteiger partial charge is 0.315 e. The summed E-state index contributed by atoms with van der Waals surface area (Å²) in [6.45, 7) is 0. The van der Waals surface area contributed by atoms with Gasteiger partial charge in [-0.05, 0) is 64.2 Å². The zero-order chi connectivity index (χ0) is 18.1. The maximum absolute atomic E-state index is 11.8. The Kier molecular flexibility index (Phi) is 8.99. The lowest BCUT2D eigenvalue weighted by Gasteiger charge is -2.28. The van der Waals surface area contributed by atoms with Crippen molar-refractivity contribution in [3.8, 4) is 0 Å². The molecule has 0 radical (unpaired) electrons. The number of nitrogens with two attached hydrogens (primary N) is 3. The predicted molar refractivity (Wildman–Crippen MR) is 103 cm³/mol. The lowest BCUT2D eigenvalue weighted by molar-refractivity contribution is 0.223. The van der Waals surface area contributed by atoms with Crippen molar-refractivity contribution in [1.29, 1.82) is 0 Å². The molecule has 6 nitrogen and oxygen atoms in total. The number of urea groups is 1. The maximum atomic E-state index is 11.8. The molecule has 3 saturated carbocycles. The molecule has 8 N–H and O–H groups in total. The van der Waals surface area contributed by atoms with Gasteiger partial charge in [-0.25, -0.2) is 4.79 Å². The molecule has 0 aliphatic heterocycles. The van der Waals surface area contributed by atoms with E-state index in [1.165, 1.54) is 19.3 Å².